The van der Waals surface area contributed by atoms with Crippen LogP contribution in [0.5, 0.6) is 0 Å². The summed E-state index contributed by atoms with van der Waals surface area (Å²) in [5.74, 6) is 0. The van der Waals surface area contributed by atoms with E-state index in [9.17, 15) is 0 Å². The van der Waals surface area contributed by atoms with Crippen molar-refractivity contribution < 1.29 is 0 Å². The number of nitrogens with one attached hydrogen (secondary N) is 1. The van der Waals surface area contributed by atoms with Gasteiger partial charge in [-0.25, -0.2) is 0 Å². The van der Waals surface area contributed by atoms with E-state index in [4.69, 9.17) is 0 Å². The van der Waals surface area contributed by atoms with Crippen molar-refractivity contribution in [1.82, 2.24) is 15.2 Å². The van der Waals surface area contributed by atoms with Gasteiger partial charge in [-0.2, -0.15) is 11.8 Å². The largest absolute Gasteiger partial charge is 0.313 e. The van der Waals surface area contributed by atoms with Gasteiger partial charge in [0.15, 0.2) is 0 Å². The number of nitrogens with zero attached hydrogens (tertiary/aromatic N) is 2. The number of rotatable bonds is 6. The molecule has 1 atom stereocenters. The van der Waals surface area contributed by atoms with Crippen LogP contribution in [0, 0.1) is 0 Å². The number of aromatic nitrogens is 1. The first-order chi connectivity index (χ1) is 9.28. The van der Waals surface area contributed by atoms with Gasteiger partial charge in [0.05, 0.1) is 0 Å². The first kappa shape index (κ1) is 14.8. The van der Waals surface area contributed by atoms with Crippen molar-refractivity contribution >= 4 is 11.8 Å². The Labute approximate surface area is 121 Å². The molecule has 0 aliphatic carbocycles. The highest BCUT2D eigenvalue weighted by atomic mass is 32.2. The molecule has 0 spiro atoms. The second kappa shape index (κ2) is 7.88. The van der Waals surface area contributed by atoms with E-state index in [-0.39, 0.29) is 0 Å². The zero-order valence-corrected chi connectivity index (χ0v) is 12.8. The quantitative estimate of drug-likeness (QED) is 0.865. The Hall–Kier alpha value is -0.580. The molecule has 2 heterocycles. The molecule has 1 saturated heterocycles. The molecule has 19 heavy (non-hydrogen) atoms. The fourth-order valence-electron chi connectivity index (χ4n) is 2.46. The maximum atomic E-state index is 4.07. The van der Waals surface area contributed by atoms with E-state index < -0.39 is 0 Å². The number of thioether (sulfide) groups is 1. The lowest BCUT2D eigenvalue weighted by molar-refractivity contribution is 0.191. The van der Waals surface area contributed by atoms with Crippen LogP contribution in [0.15, 0.2) is 24.5 Å². The highest BCUT2D eigenvalue weighted by Gasteiger charge is 2.19. The number of hydrogen-bond acceptors (Lipinski definition) is 4. The molecule has 0 aromatic carbocycles. The first-order valence-corrected chi connectivity index (χ1v) is 8.44. The predicted molar refractivity (Wildman–Crippen MR) is 83.5 cm³/mol. The minimum absolute atomic E-state index is 0.711. The number of piperidine rings is 1. The zero-order valence-electron chi connectivity index (χ0n) is 12.0. The first-order valence-electron chi connectivity index (χ1n) is 7.15. The lowest BCUT2D eigenvalue weighted by Crippen LogP contribution is -2.43. The zero-order chi connectivity index (χ0) is 13.5. The van der Waals surface area contributed by atoms with Gasteiger partial charge < -0.3 is 5.32 Å². The Morgan fingerprint density at radius 1 is 1.37 bits per heavy atom. The lowest BCUT2D eigenvalue weighted by atomic mass is 10.0. The second-order valence-electron chi connectivity index (χ2n) is 5.36. The van der Waals surface area contributed by atoms with Crippen molar-refractivity contribution in [2.24, 2.45) is 0 Å². The van der Waals surface area contributed by atoms with Crippen LogP contribution in [0.3, 0.4) is 0 Å². The van der Waals surface area contributed by atoms with Crippen molar-refractivity contribution in [3.05, 3.63) is 30.1 Å². The highest BCUT2D eigenvalue weighted by Crippen LogP contribution is 2.14. The van der Waals surface area contributed by atoms with Gasteiger partial charge in [0.1, 0.15) is 0 Å². The highest BCUT2D eigenvalue weighted by molar-refractivity contribution is 7.99. The number of pyridine rings is 1. The number of likely N-dealkylation sites (tertiary alicyclic amines) is 1. The summed E-state index contributed by atoms with van der Waals surface area (Å²) in [6.07, 6.45) is 8.49. The molecule has 1 aromatic heterocycles. The van der Waals surface area contributed by atoms with Gasteiger partial charge in [0, 0.05) is 36.8 Å². The molecule has 3 nitrogen and oxygen atoms in total. The van der Waals surface area contributed by atoms with E-state index in [1.54, 1.807) is 0 Å². The smallest absolute Gasteiger partial charge is 0.0271 e. The molecule has 1 fully saturated rings. The molecule has 1 N–H and O–H groups in total. The summed E-state index contributed by atoms with van der Waals surface area (Å²) in [5.41, 5.74) is 1.37. The SMILES string of the molecule is CS[C@@H](C)CNC1CCN(Cc2ccncc2)CC1. The molecule has 1 aromatic rings. The Morgan fingerprint density at radius 3 is 2.68 bits per heavy atom. The molecular formula is C15H25N3S. The summed E-state index contributed by atoms with van der Waals surface area (Å²) in [6, 6.07) is 4.94. The van der Waals surface area contributed by atoms with E-state index >= 15 is 0 Å². The number of hydrogen-bond donors (Lipinski definition) is 1. The van der Waals surface area contributed by atoms with E-state index in [0.717, 1.165) is 18.3 Å². The average molecular weight is 279 g/mol. The van der Waals surface area contributed by atoms with Crippen molar-refractivity contribution in [1.29, 1.82) is 0 Å². The maximum absolute atomic E-state index is 4.07. The molecule has 4 heteroatoms. The lowest BCUT2D eigenvalue weighted by Gasteiger charge is -2.33. The molecule has 0 amide bonds. The Kier molecular flexibility index (Phi) is 6.14. The summed E-state index contributed by atoms with van der Waals surface area (Å²) in [6.45, 7) is 6.89. The van der Waals surface area contributed by atoms with Crippen molar-refractivity contribution in [3.63, 3.8) is 0 Å². The molecule has 1 aliphatic rings. The van der Waals surface area contributed by atoms with Crippen LogP contribution in [0.4, 0.5) is 0 Å². The van der Waals surface area contributed by atoms with Crippen molar-refractivity contribution in [2.45, 2.75) is 37.6 Å². The van der Waals surface area contributed by atoms with Gasteiger partial charge in [-0.05, 0) is 49.9 Å². The summed E-state index contributed by atoms with van der Waals surface area (Å²) in [7, 11) is 0. The van der Waals surface area contributed by atoms with E-state index in [1.165, 1.54) is 31.5 Å². The van der Waals surface area contributed by atoms with Crippen molar-refractivity contribution in [2.75, 3.05) is 25.9 Å². The van der Waals surface area contributed by atoms with Gasteiger partial charge in [0.25, 0.3) is 0 Å². The third-order valence-corrected chi connectivity index (χ3v) is 4.81. The topological polar surface area (TPSA) is 28.2 Å². The van der Waals surface area contributed by atoms with Crippen LogP contribution in [0.25, 0.3) is 0 Å². The third kappa shape index (κ3) is 5.13. The van der Waals surface area contributed by atoms with E-state index in [2.05, 4.69) is 40.5 Å². The molecule has 0 saturated carbocycles. The average Bonchev–Trinajstić information content (AvgIpc) is 2.47. The molecule has 106 valence electrons. The predicted octanol–water partition coefficient (Wildman–Crippen LogP) is 2.39. The molecule has 0 unspecified atom stereocenters. The summed E-state index contributed by atoms with van der Waals surface area (Å²) >= 11 is 1.94. The molecule has 0 radical (unpaired) electrons. The van der Waals surface area contributed by atoms with Gasteiger partial charge >= 0.3 is 0 Å². The summed E-state index contributed by atoms with van der Waals surface area (Å²) in [4.78, 5) is 6.62. The van der Waals surface area contributed by atoms with Crippen molar-refractivity contribution in [3.8, 4) is 0 Å². The fourth-order valence-corrected chi connectivity index (χ4v) is 2.72. The Bertz CT molecular complexity index is 350. The molecule has 0 bridgehead atoms. The van der Waals surface area contributed by atoms with Gasteiger partial charge in [0.2, 0.25) is 0 Å². The fraction of sp³-hybridized carbons (Fsp3) is 0.667. The Morgan fingerprint density at radius 2 is 2.05 bits per heavy atom. The summed E-state index contributed by atoms with van der Waals surface area (Å²) in [5, 5.41) is 4.42. The monoisotopic (exact) mass is 279 g/mol. The van der Waals surface area contributed by atoms with Crippen LogP contribution < -0.4 is 5.32 Å². The van der Waals surface area contributed by atoms with Crippen LogP contribution in [-0.2, 0) is 6.54 Å². The third-order valence-electron chi connectivity index (χ3n) is 3.84. The normalized spacial score (nSPS) is 19.5. The van der Waals surface area contributed by atoms with Gasteiger partial charge in [-0.15, -0.1) is 0 Å². The second-order valence-corrected chi connectivity index (χ2v) is 6.64. The minimum atomic E-state index is 0.711. The maximum Gasteiger partial charge on any atom is 0.0271 e. The van der Waals surface area contributed by atoms with Gasteiger partial charge in [-0.1, -0.05) is 6.92 Å². The standard InChI is InChI=1S/C15H25N3S/c1-13(19-2)11-17-15-5-9-18(10-6-15)12-14-3-7-16-8-4-14/h3-4,7-8,13,15,17H,5-6,9-12H2,1-2H3/t13-/m0/s1. The molecule has 1 aliphatic heterocycles. The Balaban J connectivity index is 1.68. The molecule has 2 rings (SSSR count). The molecular weight excluding hydrogens is 254 g/mol. The van der Waals surface area contributed by atoms with Crippen LogP contribution in [0.1, 0.15) is 25.3 Å². The van der Waals surface area contributed by atoms with Crippen LogP contribution in [-0.4, -0.2) is 47.1 Å². The minimum Gasteiger partial charge on any atom is -0.313 e. The van der Waals surface area contributed by atoms with Gasteiger partial charge in [-0.3, -0.25) is 9.88 Å². The summed E-state index contributed by atoms with van der Waals surface area (Å²) < 4.78 is 0. The van der Waals surface area contributed by atoms with E-state index in [1.807, 2.05) is 24.2 Å². The van der Waals surface area contributed by atoms with Crippen LogP contribution in [0.2, 0.25) is 0 Å². The van der Waals surface area contributed by atoms with Crippen LogP contribution >= 0.6 is 11.8 Å². The van der Waals surface area contributed by atoms with E-state index in [0.29, 0.717) is 6.04 Å².